The summed E-state index contributed by atoms with van der Waals surface area (Å²) >= 11 is 0. The van der Waals surface area contributed by atoms with E-state index in [1.165, 1.54) is 6.92 Å². The molecule has 0 aromatic heterocycles. The maximum Gasteiger partial charge on any atom is 0.325 e. The van der Waals surface area contributed by atoms with E-state index in [0.29, 0.717) is 12.0 Å². The van der Waals surface area contributed by atoms with E-state index in [9.17, 15) is 19.2 Å². The molecule has 2 N–H and O–H groups in total. The molecule has 150 valence electrons. The van der Waals surface area contributed by atoms with Gasteiger partial charge in [-0.15, -0.1) is 0 Å². The van der Waals surface area contributed by atoms with Gasteiger partial charge in [0.1, 0.15) is 12.1 Å². The maximum absolute atomic E-state index is 12.9. The quantitative estimate of drug-likeness (QED) is 0.701. The minimum absolute atomic E-state index is 0.200. The van der Waals surface area contributed by atoms with Crippen LogP contribution < -0.4 is 10.6 Å². The zero-order chi connectivity index (χ0) is 21.0. The van der Waals surface area contributed by atoms with Gasteiger partial charge in [-0.2, -0.15) is 0 Å². The zero-order valence-electron chi connectivity index (χ0n) is 16.3. The van der Waals surface area contributed by atoms with Crippen molar-refractivity contribution < 1.29 is 19.2 Å². The van der Waals surface area contributed by atoms with Crippen LogP contribution >= 0.6 is 0 Å². The summed E-state index contributed by atoms with van der Waals surface area (Å²) in [7, 11) is 0. The molecule has 2 aromatic carbocycles. The lowest BCUT2D eigenvalue weighted by Gasteiger charge is -2.22. The van der Waals surface area contributed by atoms with Crippen LogP contribution in [0.25, 0.3) is 0 Å². The Kier molecular flexibility index (Phi) is 5.77. The molecule has 2 unspecified atom stereocenters. The number of carbonyl (C=O) groups is 4. The van der Waals surface area contributed by atoms with Crippen molar-refractivity contribution in [1.29, 1.82) is 0 Å². The highest BCUT2D eigenvalue weighted by molar-refractivity contribution is 6.09. The van der Waals surface area contributed by atoms with E-state index in [4.69, 9.17) is 0 Å². The van der Waals surface area contributed by atoms with Gasteiger partial charge in [0, 0.05) is 0 Å². The fourth-order valence-corrected chi connectivity index (χ4v) is 3.34. The first kappa shape index (κ1) is 20.3. The fraction of sp³-hybridized carbons (Fsp3) is 0.273. The van der Waals surface area contributed by atoms with Gasteiger partial charge >= 0.3 is 6.03 Å². The van der Waals surface area contributed by atoms with Crippen molar-refractivity contribution in [2.24, 2.45) is 0 Å². The number of urea groups is 1. The van der Waals surface area contributed by atoms with Crippen molar-refractivity contribution in [3.63, 3.8) is 0 Å². The third-order valence-corrected chi connectivity index (χ3v) is 5.04. The van der Waals surface area contributed by atoms with Crippen molar-refractivity contribution in [3.05, 3.63) is 71.8 Å². The van der Waals surface area contributed by atoms with E-state index >= 15 is 0 Å². The summed E-state index contributed by atoms with van der Waals surface area (Å²) in [6.45, 7) is 2.55. The molecule has 7 heteroatoms. The molecule has 3 rings (SSSR count). The molecule has 1 fully saturated rings. The molecule has 29 heavy (non-hydrogen) atoms. The Morgan fingerprint density at radius 2 is 1.62 bits per heavy atom. The highest BCUT2D eigenvalue weighted by atomic mass is 16.2. The molecule has 1 heterocycles. The molecule has 2 atom stereocenters. The number of ketones is 1. The summed E-state index contributed by atoms with van der Waals surface area (Å²) in [6, 6.07) is 16.8. The second kappa shape index (κ2) is 8.26. The van der Waals surface area contributed by atoms with E-state index < -0.39 is 36.0 Å². The SMILES string of the molecule is CC(=O)C(Cc1ccccc1)NC(=O)CN1C(=O)NC(C)(c2ccccc2)C1=O. The van der Waals surface area contributed by atoms with Gasteiger partial charge in [0.05, 0.1) is 6.04 Å². The molecular formula is C22H23N3O4. The molecule has 0 saturated carbocycles. The number of Topliss-reactive ketones (excluding diaryl/α,β-unsaturated/α-hetero) is 1. The average molecular weight is 393 g/mol. The van der Waals surface area contributed by atoms with Crippen LogP contribution in [-0.4, -0.2) is 41.1 Å². The second-order valence-corrected chi connectivity index (χ2v) is 7.23. The standard InChI is InChI=1S/C22H23N3O4/c1-15(26)18(13-16-9-5-3-6-10-16)23-19(27)14-25-20(28)22(2,24-21(25)29)17-11-7-4-8-12-17/h3-12,18H,13-14H2,1-2H3,(H,23,27)(H,24,29). The lowest BCUT2D eigenvalue weighted by atomic mass is 9.92. The lowest BCUT2D eigenvalue weighted by molar-refractivity contribution is -0.135. The van der Waals surface area contributed by atoms with E-state index in [-0.39, 0.29) is 5.78 Å². The van der Waals surface area contributed by atoms with Crippen LogP contribution in [0.5, 0.6) is 0 Å². The molecule has 7 nitrogen and oxygen atoms in total. The highest BCUT2D eigenvalue weighted by Gasteiger charge is 2.49. The topological polar surface area (TPSA) is 95.6 Å². The third-order valence-electron chi connectivity index (χ3n) is 5.04. The molecular weight excluding hydrogens is 370 g/mol. The molecule has 1 saturated heterocycles. The number of carbonyl (C=O) groups excluding carboxylic acids is 4. The summed E-state index contributed by atoms with van der Waals surface area (Å²) in [5.41, 5.74) is 0.300. The van der Waals surface area contributed by atoms with Crippen LogP contribution in [0.15, 0.2) is 60.7 Å². The number of benzene rings is 2. The van der Waals surface area contributed by atoms with Crippen LogP contribution in [0, 0.1) is 0 Å². The third kappa shape index (κ3) is 4.34. The van der Waals surface area contributed by atoms with Gasteiger partial charge in [0.25, 0.3) is 5.91 Å². The Morgan fingerprint density at radius 1 is 1.03 bits per heavy atom. The molecule has 2 aromatic rings. The number of rotatable bonds is 7. The molecule has 0 bridgehead atoms. The first-order chi connectivity index (χ1) is 13.8. The van der Waals surface area contributed by atoms with Gasteiger partial charge in [-0.25, -0.2) is 4.79 Å². The highest BCUT2D eigenvalue weighted by Crippen LogP contribution is 2.28. The summed E-state index contributed by atoms with van der Waals surface area (Å²) in [5, 5.41) is 5.30. The number of nitrogens with zero attached hydrogens (tertiary/aromatic N) is 1. The predicted molar refractivity (Wildman–Crippen MR) is 107 cm³/mol. The molecule has 0 spiro atoms. The van der Waals surface area contributed by atoms with Crippen molar-refractivity contribution in [2.45, 2.75) is 31.8 Å². The Bertz CT molecular complexity index is 930. The summed E-state index contributed by atoms with van der Waals surface area (Å²) in [4.78, 5) is 50.6. The molecule has 1 aliphatic heterocycles. The minimum atomic E-state index is -1.23. The van der Waals surface area contributed by atoms with Crippen molar-refractivity contribution >= 4 is 23.6 Å². The average Bonchev–Trinajstić information content (AvgIpc) is 2.93. The smallest absolute Gasteiger partial charge is 0.325 e. The monoisotopic (exact) mass is 393 g/mol. The van der Waals surface area contributed by atoms with Crippen molar-refractivity contribution in [3.8, 4) is 0 Å². The summed E-state index contributed by atoms with van der Waals surface area (Å²) in [5.74, 6) is -1.28. The maximum atomic E-state index is 12.9. The first-order valence-electron chi connectivity index (χ1n) is 9.34. The van der Waals surface area contributed by atoms with Crippen molar-refractivity contribution in [2.75, 3.05) is 6.54 Å². The molecule has 4 amide bonds. The predicted octanol–water partition coefficient (Wildman–Crippen LogP) is 1.77. The van der Waals surface area contributed by atoms with Gasteiger partial charge < -0.3 is 10.6 Å². The summed E-state index contributed by atoms with van der Waals surface area (Å²) in [6.07, 6.45) is 0.337. The van der Waals surface area contributed by atoms with Gasteiger partial charge in [-0.3, -0.25) is 19.3 Å². The van der Waals surface area contributed by atoms with Crippen LogP contribution in [0.3, 0.4) is 0 Å². The number of nitrogens with one attached hydrogen (secondary N) is 2. The van der Waals surface area contributed by atoms with Crippen LogP contribution in [0.2, 0.25) is 0 Å². The van der Waals surface area contributed by atoms with E-state index in [2.05, 4.69) is 10.6 Å². The number of hydrogen-bond donors (Lipinski definition) is 2. The van der Waals surface area contributed by atoms with E-state index in [0.717, 1.165) is 10.5 Å². The molecule has 0 radical (unpaired) electrons. The first-order valence-corrected chi connectivity index (χ1v) is 9.34. The van der Waals surface area contributed by atoms with Crippen LogP contribution in [0.4, 0.5) is 4.79 Å². The number of amides is 4. The van der Waals surface area contributed by atoms with E-state index in [1.54, 1.807) is 31.2 Å². The van der Waals surface area contributed by atoms with Crippen LogP contribution in [0.1, 0.15) is 25.0 Å². The Hall–Kier alpha value is -3.48. The number of hydrogen-bond acceptors (Lipinski definition) is 4. The van der Waals surface area contributed by atoms with Gasteiger partial charge in [-0.05, 0) is 31.4 Å². The van der Waals surface area contributed by atoms with Gasteiger partial charge in [-0.1, -0.05) is 60.7 Å². The van der Waals surface area contributed by atoms with Gasteiger partial charge in [0.2, 0.25) is 5.91 Å². The van der Waals surface area contributed by atoms with Gasteiger partial charge in [0.15, 0.2) is 5.78 Å². The summed E-state index contributed by atoms with van der Waals surface area (Å²) < 4.78 is 0. The Balaban J connectivity index is 1.68. The van der Waals surface area contributed by atoms with E-state index in [1.807, 2.05) is 36.4 Å². The fourth-order valence-electron chi connectivity index (χ4n) is 3.34. The second-order valence-electron chi connectivity index (χ2n) is 7.23. The molecule has 1 aliphatic rings. The lowest BCUT2D eigenvalue weighted by Crippen LogP contribution is -2.48. The van der Waals surface area contributed by atoms with Crippen LogP contribution in [-0.2, 0) is 26.3 Å². The normalized spacial score (nSPS) is 19.6. The number of imide groups is 1. The Morgan fingerprint density at radius 3 is 2.21 bits per heavy atom. The Labute approximate surface area is 169 Å². The minimum Gasteiger partial charge on any atom is -0.344 e. The van der Waals surface area contributed by atoms with Crippen molar-refractivity contribution in [1.82, 2.24) is 15.5 Å². The molecule has 0 aliphatic carbocycles. The largest absolute Gasteiger partial charge is 0.344 e. The zero-order valence-corrected chi connectivity index (χ0v) is 16.3.